The van der Waals surface area contributed by atoms with Crippen molar-refractivity contribution in [2.45, 2.75) is 103 Å². The quantitative estimate of drug-likeness (QED) is 0.318. The van der Waals surface area contributed by atoms with Gasteiger partial charge >= 0.3 is 6.09 Å². The van der Waals surface area contributed by atoms with Crippen molar-refractivity contribution in [1.82, 2.24) is 20.2 Å². The molecule has 0 aromatic carbocycles. The molecule has 0 bridgehead atoms. The highest BCUT2D eigenvalue weighted by Crippen LogP contribution is 2.26. The van der Waals surface area contributed by atoms with Crippen molar-refractivity contribution in [2.75, 3.05) is 30.7 Å². The Morgan fingerprint density at radius 1 is 1.15 bits per heavy atom. The topological polar surface area (TPSA) is 105 Å². The van der Waals surface area contributed by atoms with Crippen LogP contribution in [0.3, 0.4) is 0 Å². The molecule has 2 saturated carbocycles. The lowest BCUT2D eigenvalue weighted by Gasteiger charge is -2.36. The molecule has 1 aromatic heterocycles. The minimum Gasteiger partial charge on any atom is -0.444 e. The van der Waals surface area contributed by atoms with Crippen LogP contribution in [0.4, 0.5) is 16.6 Å². The normalized spacial score (nSPS) is 21.8. The van der Waals surface area contributed by atoms with E-state index in [1.807, 2.05) is 25.7 Å². The maximum absolute atomic E-state index is 12.8. The van der Waals surface area contributed by atoms with E-state index in [-0.39, 0.29) is 6.09 Å². The molecule has 1 aromatic rings. The molecule has 0 spiro atoms. The third-order valence-corrected chi connectivity index (χ3v) is 6.96. The van der Waals surface area contributed by atoms with Crippen molar-refractivity contribution < 1.29 is 9.53 Å². The van der Waals surface area contributed by atoms with E-state index in [1.165, 1.54) is 19.3 Å². The van der Waals surface area contributed by atoms with Crippen molar-refractivity contribution >= 4 is 29.5 Å². The van der Waals surface area contributed by atoms with E-state index in [0.717, 1.165) is 64.6 Å². The number of aromatic nitrogens is 2. The number of hydrogen-bond acceptors (Lipinski definition) is 7. The van der Waals surface area contributed by atoms with Crippen LogP contribution in [0.1, 0.15) is 85.0 Å². The summed E-state index contributed by atoms with van der Waals surface area (Å²) < 4.78 is 5.72. The van der Waals surface area contributed by atoms with Crippen LogP contribution in [0.2, 0.25) is 5.15 Å². The van der Waals surface area contributed by atoms with E-state index in [2.05, 4.69) is 20.6 Å². The number of nitrogens with one attached hydrogen (secondary N) is 2. The summed E-state index contributed by atoms with van der Waals surface area (Å²) in [6.07, 6.45) is 11.3. The lowest BCUT2D eigenvalue weighted by molar-refractivity contribution is 0.0119. The highest BCUT2D eigenvalue weighted by atomic mass is 35.5. The fraction of sp³-hybridized carbons (Fsp3) is 0.800. The molecule has 2 aliphatic rings. The van der Waals surface area contributed by atoms with Crippen LogP contribution in [0, 0.1) is 5.92 Å². The molecule has 0 atom stereocenters. The lowest BCUT2D eigenvalue weighted by Crippen LogP contribution is -2.45. The molecule has 192 valence electrons. The smallest absolute Gasteiger partial charge is 0.410 e. The zero-order chi connectivity index (χ0) is 24.6. The number of hydrogen-bond donors (Lipinski definition) is 3. The van der Waals surface area contributed by atoms with Crippen LogP contribution >= 0.6 is 11.6 Å². The van der Waals surface area contributed by atoms with E-state index in [9.17, 15) is 4.79 Å². The summed E-state index contributed by atoms with van der Waals surface area (Å²) in [4.78, 5) is 23.2. The minimum absolute atomic E-state index is 0.155. The molecular weight excluding hydrogens is 452 g/mol. The van der Waals surface area contributed by atoms with Gasteiger partial charge in [0.2, 0.25) is 5.95 Å². The highest BCUT2D eigenvalue weighted by Gasteiger charge is 2.29. The Labute approximate surface area is 209 Å². The number of nitrogen functional groups attached to an aromatic ring is 1. The molecule has 1 amide bonds. The second-order valence-corrected chi connectivity index (χ2v) is 11.2. The summed E-state index contributed by atoms with van der Waals surface area (Å²) in [5.74, 6) is 1.47. The summed E-state index contributed by atoms with van der Waals surface area (Å²) in [5, 5.41) is 7.35. The molecule has 2 aliphatic carbocycles. The zero-order valence-electron chi connectivity index (χ0n) is 21.1. The Balaban J connectivity index is 1.36. The molecule has 0 aliphatic heterocycles. The number of amides is 1. The van der Waals surface area contributed by atoms with Crippen molar-refractivity contribution in [3.63, 3.8) is 0 Å². The van der Waals surface area contributed by atoms with Gasteiger partial charge in [-0.3, -0.25) is 0 Å². The number of nitrogens with zero attached hydrogens (tertiary/aromatic N) is 3. The third-order valence-electron chi connectivity index (χ3n) is 6.76. The number of rotatable bonds is 9. The van der Waals surface area contributed by atoms with Crippen molar-refractivity contribution in [2.24, 2.45) is 5.92 Å². The average Bonchev–Trinajstić information content (AvgIpc) is 2.77. The average molecular weight is 495 g/mol. The first kappa shape index (κ1) is 26.8. The second kappa shape index (κ2) is 12.8. The van der Waals surface area contributed by atoms with E-state index in [1.54, 1.807) is 6.07 Å². The van der Waals surface area contributed by atoms with Crippen molar-refractivity contribution in [1.29, 1.82) is 0 Å². The number of carbonyl (C=O) groups is 1. The Morgan fingerprint density at radius 2 is 1.85 bits per heavy atom. The largest absolute Gasteiger partial charge is 0.444 e. The Kier molecular flexibility index (Phi) is 10.1. The first-order chi connectivity index (χ1) is 16.2. The van der Waals surface area contributed by atoms with Crippen LogP contribution < -0.4 is 16.4 Å². The number of nitrogens with two attached hydrogens (primary N) is 1. The first-order valence-electron chi connectivity index (χ1n) is 13.0. The highest BCUT2D eigenvalue weighted by molar-refractivity contribution is 6.29. The number of halogens is 1. The molecule has 0 unspecified atom stereocenters. The van der Waals surface area contributed by atoms with Gasteiger partial charge in [-0.15, -0.1) is 0 Å². The summed E-state index contributed by atoms with van der Waals surface area (Å²) in [5.41, 5.74) is 5.28. The second-order valence-electron chi connectivity index (χ2n) is 10.8. The molecule has 4 N–H and O–H groups in total. The van der Waals surface area contributed by atoms with E-state index in [0.29, 0.717) is 34.9 Å². The van der Waals surface area contributed by atoms with Gasteiger partial charge in [0.15, 0.2) is 0 Å². The maximum Gasteiger partial charge on any atom is 0.410 e. The van der Waals surface area contributed by atoms with Crippen LogP contribution in [0.25, 0.3) is 0 Å². The van der Waals surface area contributed by atoms with E-state index >= 15 is 0 Å². The Morgan fingerprint density at radius 3 is 2.50 bits per heavy atom. The van der Waals surface area contributed by atoms with E-state index < -0.39 is 5.60 Å². The summed E-state index contributed by atoms with van der Waals surface area (Å²) in [6, 6.07) is 2.41. The number of anilines is 2. The zero-order valence-corrected chi connectivity index (χ0v) is 21.9. The summed E-state index contributed by atoms with van der Waals surface area (Å²) >= 11 is 5.95. The van der Waals surface area contributed by atoms with Crippen molar-refractivity contribution in [3.8, 4) is 0 Å². The molecule has 34 heavy (non-hydrogen) atoms. The first-order valence-corrected chi connectivity index (χ1v) is 13.3. The van der Waals surface area contributed by atoms with Gasteiger partial charge in [0.1, 0.15) is 16.6 Å². The molecule has 8 nitrogen and oxygen atoms in total. The molecule has 9 heteroatoms. The number of carbonyl (C=O) groups excluding carboxylic acids is 1. The molecule has 1 heterocycles. The van der Waals surface area contributed by atoms with Gasteiger partial charge in [-0.2, -0.15) is 4.98 Å². The fourth-order valence-corrected chi connectivity index (χ4v) is 5.20. The van der Waals surface area contributed by atoms with Crippen molar-refractivity contribution in [3.05, 3.63) is 11.2 Å². The molecule has 0 radical (unpaired) electrons. The van der Waals surface area contributed by atoms with Gasteiger partial charge in [0.25, 0.3) is 0 Å². The predicted octanol–water partition coefficient (Wildman–Crippen LogP) is 5.23. The van der Waals surface area contributed by atoms with Crippen LogP contribution in [-0.4, -0.2) is 58.3 Å². The van der Waals surface area contributed by atoms with Gasteiger partial charge < -0.3 is 26.0 Å². The van der Waals surface area contributed by atoms with Crippen LogP contribution in [0.5, 0.6) is 0 Å². The van der Waals surface area contributed by atoms with Crippen LogP contribution in [-0.2, 0) is 4.74 Å². The minimum atomic E-state index is -0.457. The lowest BCUT2D eigenvalue weighted by atomic mass is 9.86. The van der Waals surface area contributed by atoms with Gasteiger partial charge in [-0.05, 0) is 78.2 Å². The molecular formula is C25H43ClN6O2. The number of ether oxygens (including phenoxy) is 1. The Bertz CT molecular complexity index is 753. The third kappa shape index (κ3) is 9.10. The maximum atomic E-state index is 12.8. The SMILES string of the molecule is CC(C)(C)OC(=O)N(CCCNC1CCC(CNc2nc(N)cc(Cl)n2)CC1)C1CCCCC1. The Hall–Kier alpha value is -1.80. The van der Waals surface area contributed by atoms with Gasteiger partial charge in [-0.1, -0.05) is 30.9 Å². The predicted molar refractivity (Wildman–Crippen MR) is 138 cm³/mol. The van der Waals surface area contributed by atoms with Gasteiger partial charge in [0, 0.05) is 31.2 Å². The van der Waals surface area contributed by atoms with Gasteiger partial charge in [-0.25, -0.2) is 9.78 Å². The summed E-state index contributed by atoms with van der Waals surface area (Å²) in [7, 11) is 0. The van der Waals surface area contributed by atoms with Crippen LogP contribution in [0.15, 0.2) is 6.07 Å². The molecule has 2 fully saturated rings. The fourth-order valence-electron chi connectivity index (χ4n) is 5.01. The van der Waals surface area contributed by atoms with E-state index in [4.69, 9.17) is 22.1 Å². The van der Waals surface area contributed by atoms with Gasteiger partial charge in [0.05, 0.1) is 0 Å². The summed E-state index contributed by atoms with van der Waals surface area (Å²) in [6.45, 7) is 8.33. The standard InChI is InChI=1S/C25H43ClN6O2/c1-25(2,3)34-24(33)32(20-8-5-4-6-9-20)15-7-14-28-19-12-10-18(11-13-19)17-29-23-30-21(26)16-22(27)31-23/h16,18-20,28H,4-15,17H2,1-3H3,(H3,27,29,30,31). The molecule has 3 rings (SSSR count). The molecule has 0 saturated heterocycles. The monoisotopic (exact) mass is 494 g/mol.